The lowest BCUT2D eigenvalue weighted by Crippen LogP contribution is -2.34. The molecule has 4 heteroatoms. The largest absolute Gasteiger partial charge is 0.372 e. The molecule has 2 aliphatic rings. The van der Waals surface area contributed by atoms with Crippen molar-refractivity contribution in [3.8, 4) is 0 Å². The van der Waals surface area contributed by atoms with E-state index in [1.807, 2.05) is 42.7 Å². The number of aromatic nitrogens is 1. The van der Waals surface area contributed by atoms with Gasteiger partial charge in [-0.25, -0.2) is 0 Å². The summed E-state index contributed by atoms with van der Waals surface area (Å²) >= 11 is 0. The second-order valence-electron chi connectivity index (χ2n) is 6.62. The number of carbonyl (C=O) groups excluding carboxylic acids is 1. The molecule has 0 saturated carbocycles. The number of hydrogen-bond acceptors (Lipinski definition) is 3. The molecule has 3 heterocycles. The normalized spacial score (nSPS) is 20.5. The molecule has 0 N–H and O–H groups in total. The molecule has 2 aromatic rings. The molecule has 0 aliphatic carbocycles. The Hall–Kier alpha value is -2.20. The van der Waals surface area contributed by atoms with Gasteiger partial charge in [0.15, 0.2) is 0 Å². The molecule has 4 nitrogen and oxygen atoms in total. The van der Waals surface area contributed by atoms with Gasteiger partial charge in [0.25, 0.3) is 5.91 Å². The van der Waals surface area contributed by atoms with Gasteiger partial charge in [0.05, 0.1) is 19.3 Å². The highest BCUT2D eigenvalue weighted by atomic mass is 16.5. The van der Waals surface area contributed by atoms with E-state index in [0.29, 0.717) is 13.2 Å². The summed E-state index contributed by atoms with van der Waals surface area (Å²) in [6.07, 6.45) is 8.06. The Morgan fingerprint density at radius 1 is 1.04 bits per heavy atom. The Morgan fingerprint density at radius 3 is 2.75 bits per heavy atom. The smallest absolute Gasteiger partial charge is 0.254 e. The summed E-state index contributed by atoms with van der Waals surface area (Å²) in [5, 5.41) is 0. The van der Waals surface area contributed by atoms with Gasteiger partial charge < -0.3 is 9.64 Å². The topological polar surface area (TPSA) is 42.4 Å². The van der Waals surface area contributed by atoms with Gasteiger partial charge in [-0.1, -0.05) is 18.9 Å². The Bertz CT molecular complexity index is 730. The fourth-order valence-corrected chi connectivity index (χ4v) is 3.75. The average Bonchev–Trinajstić information content (AvgIpc) is 2.96. The maximum Gasteiger partial charge on any atom is 0.254 e. The van der Waals surface area contributed by atoms with Crippen LogP contribution >= 0.6 is 0 Å². The average molecular weight is 322 g/mol. The summed E-state index contributed by atoms with van der Waals surface area (Å²) in [5.41, 5.74) is 4.31. The Balaban J connectivity index is 1.65. The van der Waals surface area contributed by atoms with Crippen LogP contribution in [-0.4, -0.2) is 22.3 Å². The van der Waals surface area contributed by atoms with Gasteiger partial charge in [-0.05, 0) is 53.8 Å². The zero-order valence-corrected chi connectivity index (χ0v) is 13.8. The van der Waals surface area contributed by atoms with Crippen molar-refractivity contribution < 1.29 is 9.53 Å². The monoisotopic (exact) mass is 322 g/mol. The zero-order chi connectivity index (χ0) is 16.4. The summed E-state index contributed by atoms with van der Waals surface area (Å²) in [6.45, 7) is 2.09. The first kappa shape index (κ1) is 15.3. The zero-order valence-electron chi connectivity index (χ0n) is 13.8. The maximum atomic E-state index is 13.2. The van der Waals surface area contributed by atoms with Crippen molar-refractivity contribution in [2.24, 2.45) is 0 Å². The third-order valence-corrected chi connectivity index (χ3v) is 5.07. The van der Waals surface area contributed by atoms with Crippen LogP contribution in [0, 0.1) is 0 Å². The van der Waals surface area contributed by atoms with E-state index in [1.165, 1.54) is 17.5 Å². The van der Waals surface area contributed by atoms with Crippen LogP contribution in [0.2, 0.25) is 0 Å². The fraction of sp³-hybridized carbons (Fsp3) is 0.400. The summed E-state index contributed by atoms with van der Waals surface area (Å²) in [6, 6.07) is 10.2. The molecular formula is C20H22N2O2. The van der Waals surface area contributed by atoms with Crippen LogP contribution in [0.5, 0.6) is 0 Å². The van der Waals surface area contributed by atoms with Crippen LogP contribution in [0.4, 0.5) is 0 Å². The third kappa shape index (κ3) is 2.94. The van der Waals surface area contributed by atoms with Crippen molar-refractivity contribution in [3.63, 3.8) is 0 Å². The highest BCUT2D eigenvalue weighted by Gasteiger charge is 2.28. The Kier molecular flexibility index (Phi) is 4.30. The molecular weight excluding hydrogens is 300 g/mol. The van der Waals surface area contributed by atoms with Crippen molar-refractivity contribution in [1.82, 2.24) is 9.88 Å². The number of ether oxygens (including phenoxy) is 1. The Morgan fingerprint density at radius 2 is 1.88 bits per heavy atom. The third-order valence-electron chi connectivity index (χ3n) is 5.07. The summed E-state index contributed by atoms with van der Waals surface area (Å²) in [7, 11) is 0. The number of hydrogen-bond donors (Lipinski definition) is 0. The minimum atomic E-state index is 0.133. The van der Waals surface area contributed by atoms with E-state index in [0.717, 1.165) is 36.9 Å². The first-order valence-corrected chi connectivity index (χ1v) is 8.73. The van der Waals surface area contributed by atoms with Crippen LogP contribution in [0.25, 0.3) is 0 Å². The van der Waals surface area contributed by atoms with Gasteiger partial charge in [0.1, 0.15) is 0 Å². The lowest BCUT2D eigenvalue weighted by atomic mass is 10.00. The highest BCUT2D eigenvalue weighted by Crippen LogP contribution is 2.31. The van der Waals surface area contributed by atoms with Gasteiger partial charge >= 0.3 is 0 Å². The Labute approximate surface area is 142 Å². The summed E-state index contributed by atoms with van der Waals surface area (Å²) in [5.74, 6) is 0.133. The SMILES string of the molecule is O=C(c1ccc2c(c1)COC2)N1CCCCC[C@@H]1c1ccncc1. The van der Waals surface area contributed by atoms with E-state index >= 15 is 0 Å². The second kappa shape index (κ2) is 6.73. The van der Waals surface area contributed by atoms with Crippen LogP contribution in [0.15, 0.2) is 42.7 Å². The minimum Gasteiger partial charge on any atom is -0.372 e. The number of amides is 1. The fourth-order valence-electron chi connectivity index (χ4n) is 3.75. The van der Waals surface area contributed by atoms with Crippen molar-refractivity contribution >= 4 is 5.91 Å². The number of fused-ring (bicyclic) bond motifs is 1. The highest BCUT2D eigenvalue weighted by molar-refractivity contribution is 5.94. The molecule has 0 bridgehead atoms. The van der Waals surface area contributed by atoms with Crippen molar-refractivity contribution in [2.45, 2.75) is 44.9 Å². The standard InChI is InChI=1S/C20H22N2O2/c23-20(16-5-6-17-13-24-14-18(17)12-16)22-11-3-1-2-4-19(22)15-7-9-21-10-8-15/h5-10,12,19H,1-4,11,13-14H2/t19-/m1/s1. The first-order chi connectivity index (χ1) is 11.8. The van der Waals surface area contributed by atoms with Gasteiger partial charge in [-0.3, -0.25) is 9.78 Å². The molecule has 1 saturated heterocycles. The van der Waals surface area contributed by atoms with E-state index in [1.54, 1.807) is 0 Å². The molecule has 1 atom stereocenters. The van der Waals surface area contributed by atoms with Crippen LogP contribution < -0.4 is 0 Å². The predicted molar refractivity (Wildman–Crippen MR) is 91.4 cm³/mol. The van der Waals surface area contributed by atoms with Crippen LogP contribution in [0.1, 0.15) is 58.8 Å². The molecule has 24 heavy (non-hydrogen) atoms. The first-order valence-electron chi connectivity index (χ1n) is 8.73. The second-order valence-corrected chi connectivity index (χ2v) is 6.62. The van der Waals surface area contributed by atoms with Gasteiger partial charge in [-0.15, -0.1) is 0 Å². The predicted octanol–water partition coefficient (Wildman–Crippen LogP) is 3.87. The van der Waals surface area contributed by atoms with E-state index < -0.39 is 0 Å². The number of carbonyl (C=O) groups is 1. The number of likely N-dealkylation sites (tertiary alicyclic amines) is 1. The number of benzene rings is 1. The molecule has 1 aromatic heterocycles. The van der Waals surface area contributed by atoms with Crippen molar-refractivity contribution in [1.29, 1.82) is 0 Å². The molecule has 124 valence electrons. The van der Waals surface area contributed by atoms with Crippen LogP contribution in [-0.2, 0) is 18.0 Å². The van der Waals surface area contributed by atoms with Crippen molar-refractivity contribution in [2.75, 3.05) is 6.54 Å². The maximum absolute atomic E-state index is 13.2. The van der Waals surface area contributed by atoms with E-state index in [2.05, 4.69) is 9.88 Å². The van der Waals surface area contributed by atoms with Gasteiger partial charge in [0.2, 0.25) is 0 Å². The number of rotatable bonds is 2. The lowest BCUT2D eigenvalue weighted by Gasteiger charge is -2.30. The number of pyridine rings is 1. The number of nitrogens with zero attached hydrogens (tertiary/aromatic N) is 2. The van der Waals surface area contributed by atoms with Gasteiger partial charge in [0, 0.05) is 24.5 Å². The van der Waals surface area contributed by atoms with Crippen LogP contribution in [0.3, 0.4) is 0 Å². The van der Waals surface area contributed by atoms with Crippen molar-refractivity contribution in [3.05, 3.63) is 65.0 Å². The lowest BCUT2D eigenvalue weighted by molar-refractivity contribution is 0.0680. The van der Waals surface area contributed by atoms with E-state index in [9.17, 15) is 4.79 Å². The minimum absolute atomic E-state index is 0.133. The molecule has 4 rings (SSSR count). The molecule has 0 unspecified atom stereocenters. The molecule has 0 spiro atoms. The molecule has 0 radical (unpaired) electrons. The van der Waals surface area contributed by atoms with Gasteiger partial charge in [-0.2, -0.15) is 0 Å². The molecule has 1 amide bonds. The van der Waals surface area contributed by atoms with E-state index in [4.69, 9.17) is 4.74 Å². The molecule has 1 aromatic carbocycles. The molecule has 1 fully saturated rings. The summed E-state index contributed by atoms with van der Waals surface area (Å²) < 4.78 is 5.47. The summed E-state index contributed by atoms with van der Waals surface area (Å²) in [4.78, 5) is 19.4. The van der Waals surface area contributed by atoms with E-state index in [-0.39, 0.29) is 11.9 Å². The quantitative estimate of drug-likeness (QED) is 0.843. The molecule has 2 aliphatic heterocycles.